The molecule has 1 aromatic heterocycles. The summed E-state index contributed by atoms with van der Waals surface area (Å²) in [5, 5.41) is 0.571. The Hall–Kier alpha value is -1.65. The molecule has 1 heterocycles. The molecule has 0 unspecified atom stereocenters. The summed E-state index contributed by atoms with van der Waals surface area (Å²) in [7, 11) is 0. The van der Waals surface area contributed by atoms with Gasteiger partial charge in [-0.05, 0) is 36.8 Å². The van der Waals surface area contributed by atoms with E-state index in [4.69, 9.17) is 11.6 Å². The van der Waals surface area contributed by atoms with E-state index in [1.807, 2.05) is 43.3 Å². The first-order chi connectivity index (χ1) is 10.1. The average Bonchev–Trinajstić information content (AvgIpc) is 2.49. The van der Waals surface area contributed by atoms with Crippen LogP contribution in [0.3, 0.4) is 0 Å². The van der Waals surface area contributed by atoms with Crippen LogP contribution >= 0.6 is 27.5 Å². The Labute approximate surface area is 135 Å². The molecule has 0 amide bonds. The van der Waals surface area contributed by atoms with E-state index in [0.29, 0.717) is 16.7 Å². The fourth-order valence-corrected chi connectivity index (χ4v) is 2.90. The third kappa shape index (κ3) is 2.49. The molecule has 0 spiro atoms. The van der Waals surface area contributed by atoms with Gasteiger partial charge in [-0.2, -0.15) is 0 Å². The lowest BCUT2D eigenvalue weighted by atomic mass is 10.2. The number of halogens is 2. The van der Waals surface area contributed by atoms with Crippen LogP contribution in [0.2, 0.25) is 0 Å². The maximum atomic E-state index is 12.9. The number of hydrogen-bond acceptors (Lipinski definition) is 2. The highest BCUT2D eigenvalue weighted by molar-refractivity contribution is 9.10. The molecule has 0 atom stereocenters. The molecule has 0 fully saturated rings. The van der Waals surface area contributed by atoms with Gasteiger partial charge in [-0.25, -0.2) is 4.98 Å². The van der Waals surface area contributed by atoms with Crippen LogP contribution in [0.4, 0.5) is 0 Å². The minimum Gasteiger partial charge on any atom is -0.268 e. The summed E-state index contributed by atoms with van der Waals surface area (Å²) in [6, 6.07) is 13.2. The second kappa shape index (κ2) is 5.62. The molecule has 0 bridgehead atoms. The molecule has 0 radical (unpaired) electrons. The maximum Gasteiger partial charge on any atom is 0.266 e. The first-order valence-electron chi connectivity index (χ1n) is 6.45. The van der Waals surface area contributed by atoms with Gasteiger partial charge in [0.05, 0.1) is 22.5 Å². The predicted octanol–water partition coefficient (Wildman–Crippen LogP) is 4.20. The van der Waals surface area contributed by atoms with Crippen molar-refractivity contribution in [3.63, 3.8) is 0 Å². The zero-order valence-corrected chi connectivity index (χ0v) is 13.6. The van der Waals surface area contributed by atoms with Crippen LogP contribution in [0, 0.1) is 6.92 Å². The molecule has 106 valence electrons. The van der Waals surface area contributed by atoms with Crippen molar-refractivity contribution >= 4 is 38.4 Å². The van der Waals surface area contributed by atoms with E-state index in [-0.39, 0.29) is 11.4 Å². The van der Waals surface area contributed by atoms with E-state index in [9.17, 15) is 4.79 Å². The van der Waals surface area contributed by atoms with E-state index >= 15 is 0 Å². The number of hydrogen-bond donors (Lipinski definition) is 0. The minimum atomic E-state index is -0.105. The van der Waals surface area contributed by atoms with Crippen LogP contribution in [0.1, 0.15) is 11.4 Å². The number of benzene rings is 2. The van der Waals surface area contributed by atoms with Gasteiger partial charge in [0.15, 0.2) is 0 Å². The lowest BCUT2D eigenvalue weighted by Crippen LogP contribution is -2.24. The molecule has 0 saturated heterocycles. The van der Waals surface area contributed by atoms with Crippen molar-refractivity contribution in [1.82, 2.24) is 9.55 Å². The van der Waals surface area contributed by atoms with Gasteiger partial charge in [0, 0.05) is 4.47 Å². The van der Waals surface area contributed by atoms with E-state index < -0.39 is 0 Å². The zero-order chi connectivity index (χ0) is 15.0. The van der Waals surface area contributed by atoms with Crippen LogP contribution in [-0.4, -0.2) is 9.55 Å². The lowest BCUT2D eigenvalue weighted by Gasteiger charge is -2.14. The Morgan fingerprint density at radius 3 is 2.71 bits per heavy atom. The molecular weight excluding hydrogens is 352 g/mol. The molecule has 3 rings (SSSR count). The largest absolute Gasteiger partial charge is 0.268 e. The summed E-state index contributed by atoms with van der Waals surface area (Å²) in [6.45, 7) is 1.96. The van der Waals surface area contributed by atoms with Crippen molar-refractivity contribution < 1.29 is 0 Å². The summed E-state index contributed by atoms with van der Waals surface area (Å²) < 4.78 is 2.45. The molecule has 21 heavy (non-hydrogen) atoms. The van der Waals surface area contributed by atoms with Gasteiger partial charge in [-0.1, -0.05) is 34.1 Å². The Bertz CT molecular complexity index is 889. The molecule has 0 saturated carbocycles. The Morgan fingerprint density at radius 2 is 2.00 bits per heavy atom. The number of para-hydroxylation sites is 1. The average molecular weight is 364 g/mol. The predicted molar refractivity (Wildman–Crippen MR) is 89.3 cm³/mol. The number of alkyl halides is 1. The van der Waals surface area contributed by atoms with Crippen LogP contribution in [-0.2, 0) is 5.88 Å². The molecule has 0 N–H and O–H groups in total. The van der Waals surface area contributed by atoms with Crippen LogP contribution in [0.15, 0.2) is 51.7 Å². The van der Waals surface area contributed by atoms with Crippen molar-refractivity contribution in [2.45, 2.75) is 12.8 Å². The second-order valence-corrected chi connectivity index (χ2v) is 5.93. The van der Waals surface area contributed by atoms with Crippen molar-refractivity contribution in [3.8, 4) is 5.69 Å². The number of aromatic nitrogens is 2. The summed E-state index contributed by atoms with van der Waals surface area (Å²) in [5.74, 6) is 0.723. The number of fused-ring (bicyclic) bond motifs is 1. The molecule has 2 aromatic carbocycles. The second-order valence-electron chi connectivity index (χ2n) is 4.75. The number of rotatable bonds is 2. The van der Waals surface area contributed by atoms with E-state index in [2.05, 4.69) is 20.9 Å². The highest BCUT2D eigenvalue weighted by atomic mass is 79.9. The van der Waals surface area contributed by atoms with Gasteiger partial charge in [-0.15, -0.1) is 11.6 Å². The standard InChI is InChI=1S/C16H12BrClN2O/c1-10-4-2-3-5-14(10)20-15(9-18)19-13-7-6-11(17)8-12(13)16(20)21/h2-8H,9H2,1H3. The molecule has 3 aromatic rings. The monoisotopic (exact) mass is 362 g/mol. The van der Waals surface area contributed by atoms with Crippen molar-refractivity contribution in [2.75, 3.05) is 0 Å². The van der Waals surface area contributed by atoms with E-state index in [1.165, 1.54) is 0 Å². The third-order valence-electron chi connectivity index (χ3n) is 3.38. The number of aryl methyl sites for hydroxylation is 1. The summed E-state index contributed by atoms with van der Waals surface area (Å²) in [4.78, 5) is 17.4. The lowest BCUT2D eigenvalue weighted by molar-refractivity contribution is 0.875. The van der Waals surface area contributed by atoms with E-state index in [0.717, 1.165) is 15.7 Å². The first-order valence-corrected chi connectivity index (χ1v) is 7.77. The fraction of sp³-hybridized carbons (Fsp3) is 0.125. The molecule has 0 aliphatic heterocycles. The van der Waals surface area contributed by atoms with Gasteiger partial charge in [-0.3, -0.25) is 9.36 Å². The van der Waals surface area contributed by atoms with Crippen molar-refractivity contribution in [1.29, 1.82) is 0 Å². The van der Waals surface area contributed by atoms with Crippen molar-refractivity contribution in [3.05, 3.63) is 68.7 Å². The van der Waals surface area contributed by atoms with Gasteiger partial charge in [0.1, 0.15) is 5.82 Å². The third-order valence-corrected chi connectivity index (χ3v) is 4.11. The molecular formula is C16H12BrClN2O. The first kappa shape index (κ1) is 14.3. The SMILES string of the molecule is Cc1ccccc1-n1c(CCl)nc2ccc(Br)cc2c1=O. The van der Waals surface area contributed by atoms with Crippen LogP contribution < -0.4 is 5.56 Å². The highest BCUT2D eigenvalue weighted by Crippen LogP contribution is 2.19. The Morgan fingerprint density at radius 1 is 1.24 bits per heavy atom. The molecule has 5 heteroatoms. The smallest absolute Gasteiger partial charge is 0.266 e. The van der Waals surface area contributed by atoms with Gasteiger partial charge < -0.3 is 0 Å². The van der Waals surface area contributed by atoms with Crippen molar-refractivity contribution in [2.24, 2.45) is 0 Å². The van der Waals surface area contributed by atoms with Gasteiger partial charge >= 0.3 is 0 Å². The zero-order valence-electron chi connectivity index (χ0n) is 11.3. The quantitative estimate of drug-likeness (QED) is 0.640. The topological polar surface area (TPSA) is 34.9 Å². The Kier molecular flexibility index (Phi) is 3.83. The molecule has 0 aliphatic rings. The van der Waals surface area contributed by atoms with E-state index in [1.54, 1.807) is 10.6 Å². The van der Waals surface area contributed by atoms with Crippen LogP contribution in [0.25, 0.3) is 16.6 Å². The summed E-state index contributed by atoms with van der Waals surface area (Å²) in [5.41, 5.74) is 2.37. The van der Waals surface area contributed by atoms with Gasteiger partial charge in [0.2, 0.25) is 0 Å². The minimum absolute atomic E-state index is 0.105. The number of nitrogens with zero attached hydrogens (tertiary/aromatic N) is 2. The van der Waals surface area contributed by atoms with Crippen LogP contribution in [0.5, 0.6) is 0 Å². The maximum absolute atomic E-state index is 12.9. The fourth-order valence-electron chi connectivity index (χ4n) is 2.36. The van der Waals surface area contributed by atoms with Gasteiger partial charge in [0.25, 0.3) is 5.56 Å². The Balaban J connectivity index is 2.44. The highest BCUT2D eigenvalue weighted by Gasteiger charge is 2.13. The molecule has 0 aliphatic carbocycles. The normalized spacial score (nSPS) is 11.0. The summed E-state index contributed by atoms with van der Waals surface area (Å²) >= 11 is 9.40. The molecule has 3 nitrogen and oxygen atoms in total. The summed E-state index contributed by atoms with van der Waals surface area (Å²) in [6.07, 6.45) is 0.